The van der Waals surface area contributed by atoms with E-state index in [1.165, 1.54) is 0 Å². The fourth-order valence-electron chi connectivity index (χ4n) is 2.00. The van der Waals surface area contributed by atoms with Gasteiger partial charge in [0.05, 0.1) is 17.6 Å². The number of nitrogens with one attached hydrogen (secondary N) is 1. The molecule has 3 aromatic heterocycles. The van der Waals surface area contributed by atoms with E-state index >= 15 is 0 Å². The van der Waals surface area contributed by atoms with Crippen LogP contribution in [0.1, 0.15) is 5.69 Å². The molecule has 0 unspecified atom stereocenters. The second kappa shape index (κ2) is 4.68. The lowest BCUT2D eigenvalue weighted by Gasteiger charge is -2.04. The molecule has 3 aromatic rings. The van der Waals surface area contributed by atoms with Crippen LogP contribution in [0.15, 0.2) is 42.7 Å². The van der Waals surface area contributed by atoms with E-state index in [0.29, 0.717) is 5.59 Å². The van der Waals surface area contributed by atoms with E-state index in [1.807, 2.05) is 37.3 Å². The maximum Gasteiger partial charge on any atom is 0.141 e. The summed E-state index contributed by atoms with van der Waals surface area (Å²) in [7, 11) is 5.72. The van der Waals surface area contributed by atoms with E-state index in [4.69, 9.17) is 7.85 Å². The van der Waals surface area contributed by atoms with Crippen molar-refractivity contribution < 1.29 is 0 Å². The number of aromatic amines is 1. The molecule has 0 atom stereocenters. The molecule has 90 valence electrons. The Kier molecular flexibility index (Phi) is 2.87. The molecule has 1 N–H and O–H groups in total. The summed E-state index contributed by atoms with van der Waals surface area (Å²) in [6.45, 7) is 1.96. The summed E-state index contributed by atoms with van der Waals surface area (Å²) in [6, 6.07) is 9.62. The van der Waals surface area contributed by atoms with Crippen molar-refractivity contribution in [2.45, 2.75) is 6.92 Å². The number of H-pyrrole nitrogens is 1. The first-order chi connectivity index (χ1) is 9.24. The van der Waals surface area contributed by atoms with Gasteiger partial charge in [-0.05, 0) is 42.3 Å². The molecule has 3 heterocycles. The highest BCUT2D eigenvalue weighted by molar-refractivity contribution is 6.30. The summed E-state index contributed by atoms with van der Waals surface area (Å²) >= 11 is 0. The van der Waals surface area contributed by atoms with Crippen molar-refractivity contribution in [3.8, 4) is 22.5 Å². The number of nitrogens with zero attached hydrogens (tertiary/aromatic N) is 3. The van der Waals surface area contributed by atoms with Crippen molar-refractivity contribution in [3.63, 3.8) is 0 Å². The van der Waals surface area contributed by atoms with E-state index in [-0.39, 0.29) is 0 Å². The van der Waals surface area contributed by atoms with Gasteiger partial charge in [0.2, 0.25) is 0 Å². The van der Waals surface area contributed by atoms with Crippen LogP contribution in [0.25, 0.3) is 22.5 Å². The van der Waals surface area contributed by atoms with Gasteiger partial charge in [0.15, 0.2) is 0 Å². The first kappa shape index (κ1) is 11.7. The number of aryl methyl sites for hydroxylation is 1. The molecule has 2 radical (unpaired) electrons. The zero-order valence-electron chi connectivity index (χ0n) is 10.5. The minimum atomic E-state index is 0.488. The summed E-state index contributed by atoms with van der Waals surface area (Å²) in [4.78, 5) is 8.50. The zero-order valence-corrected chi connectivity index (χ0v) is 10.5. The first-order valence-corrected chi connectivity index (χ1v) is 5.93. The van der Waals surface area contributed by atoms with Crippen LogP contribution in [0.5, 0.6) is 0 Å². The molecule has 0 spiro atoms. The zero-order chi connectivity index (χ0) is 13.2. The van der Waals surface area contributed by atoms with Crippen LogP contribution in [0.2, 0.25) is 0 Å². The van der Waals surface area contributed by atoms with Gasteiger partial charge in [-0.3, -0.25) is 15.1 Å². The molecule has 0 saturated heterocycles. The van der Waals surface area contributed by atoms with Gasteiger partial charge in [-0.1, -0.05) is 6.07 Å². The van der Waals surface area contributed by atoms with Crippen molar-refractivity contribution in [1.82, 2.24) is 20.2 Å². The maximum absolute atomic E-state index is 5.72. The largest absolute Gasteiger partial charge is 0.276 e. The Bertz CT molecular complexity index is 661. The second-order valence-corrected chi connectivity index (χ2v) is 4.29. The molecule has 0 aliphatic rings. The number of pyridine rings is 2. The average Bonchev–Trinajstić information content (AvgIpc) is 2.88. The molecule has 0 amide bonds. The van der Waals surface area contributed by atoms with Gasteiger partial charge in [-0.15, -0.1) is 0 Å². The lowest BCUT2D eigenvalue weighted by atomic mass is 9.98. The van der Waals surface area contributed by atoms with Crippen LogP contribution in [0.3, 0.4) is 0 Å². The van der Waals surface area contributed by atoms with Crippen LogP contribution < -0.4 is 5.59 Å². The van der Waals surface area contributed by atoms with Gasteiger partial charge in [-0.2, -0.15) is 5.10 Å². The van der Waals surface area contributed by atoms with Gasteiger partial charge < -0.3 is 0 Å². The summed E-state index contributed by atoms with van der Waals surface area (Å²) in [6.07, 6.45) is 3.46. The highest BCUT2D eigenvalue weighted by atomic mass is 15.1. The van der Waals surface area contributed by atoms with Crippen molar-refractivity contribution in [3.05, 3.63) is 48.4 Å². The van der Waals surface area contributed by atoms with E-state index < -0.39 is 0 Å². The quantitative estimate of drug-likeness (QED) is 0.699. The van der Waals surface area contributed by atoms with Gasteiger partial charge >= 0.3 is 0 Å². The number of hydrogen-bond acceptors (Lipinski definition) is 3. The SMILES string of the molecule is [B]c1cc(-c2cn[nH]c2-c2cccc(C)n2)ccn1. The summed E-state index contributed by atoms with van der Waals surface area (Å²) in [5.74, 6) is 0. The molecule has 19 heavy (non-hydrogen) atoms. The monoisotopic (exact) mass is 246 g/mol. The Morgan fingerprint density at radius 1 is 1.21 bits per heavy atom. The van der Waals surface area contributed by atoms with Gasteiger partial charge in [-0.25, -0.2) is 0 Å². The number of aromatic nitrogens is 4. The Balaban J connectivity index is 2.13. The second-order valence-electron chi connectivity index (χ2n) is 4.29. The Morgan fingerprint density at radius 2 is 2.11 bits per heavy atom. The van der Waals surface area contributed by atoms with E-state index in [1.54, 1.807) is 12.4 Å². The van der Waals surface area contributed by atoms with E-state index in [0.717, 1.165) is 28.2 Å². The third kappa shape index (κ3) is 2.27. The first-order valence-electron chi connectivity index (χ1n) is 5.93. The fraction of sp³-hybridized carbons (Fsp3) is 0.0714. The van der Waals surface area contributed by atoms with Crippen molar-refractivity contribution in [2.75, 3.05) is 0 Å². The predicted octanol–water partition coefficient (Wildman–Crippen LogP) is 1.64. The number of hydrogen-bond donors (Lipinski definition) is 1. The highest BCUT2D eigenvalue weighted by Crippen LogP contribution is 2.28. The van der Waals surface area contributed by atoms with E-state index in [2.05, 4.69) is 20.2 Å². The number of rotatable bonds is 2. The van der Waals surface area contributed by atoms with Crippen molar-refractivity contribution >= 4 is 13.4 Å². The van der Waals surface area contributed by atoms with Crippen molar-refractivity contribution in [2.24, 2.45) is 0 Å². The predicted molar refractivity (Wildman–Crippen MR) is 75.2 cm³/mol. The summed E-state index contributed by atoms with van der Waals surface area (Å²) in [5, 5.41) is 7.10. The Morgan fingerprint density at radius 3 is 2.89 bits per heavy atom. The smallest absolute Gasteiger partial charge is 0.141 e. The highest BCUT2D eigenvalue weighted by Gasteiger charge is 2.11. The van der Waals surface area contributed by atoms with Crippen LogP contribution in [0.4, 0.5) is 0 Å². The molecule has 0 bridgehead atoms. The molecular formula is C14H11BN4. The third-order valence-corrected chi connectivity index (χ3v) is 2.88. The molecule has 3 rings (SSSR count). The molecule has 0 fully saturated rings. The Labute approximate surface area is 112 Å². The lowest BCUT2D eigenvalue weighted by molar-refractivity contribution is 1.08. The molecule has 5 heteroatoms. The summed E-state index contributed by atoms with van der Waals surface area (Å²) in [5.41, 5.74) is 5.14. The topological polar surface area (TPSA) is 54.5 Å². The van der Waals surface area contributed by atoms with Gasteiger partial charge in [0.25, 0.3) is 0 Å². The third-order valence-electron chi connectivity index (χ3n) is 2.88. The maximum atomic E-state index is 5.72. The molecule has 0 aromatic carbocycles. The van der Waals surface area contributed by atoms with Gasteiger partial charge in [0.1, 0.15) is 7.85 Å². The molecular weight excluding hydrogens is 235 g/mol. The molecule has 0 aliphatic carbocycles. The minimum absolute atomic E-state index is 0.488. The normalized spacial score (nSPS) is 10.6. The standard InChI is InChI=1S/C14H11BN4/c1-9-3-2-4-12(18-9)14-11(8-17-19-14)10-5-6-16-13(15)7-10/h2-8H,1H3,(H,17,19). The molecule has 0 saturated carbocycles. The Hall–Kier alpha value is -2.43. The van der Waals surface area contributed by atoms with Crippen molar-refractivity contribution in [1.29, 1.82) is 0 Å². The van der Waals surface area contributed by atoms with Crippen LogP contribution in [-0.4, -0.2) is 28.0 Å². The minimum Gasteiger partial charge on any atom is -0.276 e. The molecule has 0 aliphatic heterocycles. The summed E-state index contributed by atoms with van der Waals surface area (Å²) < 4.78 is 0. The van der Waals surface area contributed by atoms with E-state index in [9.17, 15) is 0 Å². The van der Waals surface area contributed by atoms with Crippen LogP contribution in [0, 0.1) is 6.92 Å². The van der Waals surface area contributed by atoms with Crippen LogP contribution >= 0.6 is 0 Å². The average molecular weight is 246 g/mol. The van der Waals surface area contributed by atoms with Gasteiger partial charge in [0, 0.05) is 17.5 Å². The van der Waals surface area contributed by atoms with Crippen LogP contribution in [-0.2, 0) is 0 Å². The fourth-order valence-corrected chi connectivity index (χ4v) is 2.00. The lowest BCUT2D eigenvalue weighted by Crippen LogP contribution is -2.06. The molecule has 4 nitrogen and oxygen atoms in total.